The Labute approximate surface area is 73.6 Å². The predicted molar refractivity (Wildman–Crippen MR) is 50.3 cm³/mol. The third-order valence-electron chi connectivity index (χ3n) is 1.54. The molecule has 1 N–H and O–H groups in total. The highest BCUT2D eigenvalue weighted by Crippen LogP contribution is 2.10. The van der Waals surface area contributed by atoms with E-state index in [1.807, 2.05) is 31.3 Å². The van der Waals surface area contributed by atoms with Crippen molar-refractivity contribution in [3.8, 4) is 5.75 Å². The minimum Gasteiger partial charge on any atom is -0.492 e. The molecule has 0 spiro atoms. The third kappa shape index (κ3) is 2.93. The van der Waals surface area contributed by atoms with Crippen molar-refractivity contribution >= 4 is 0 Å². The number of benzene rings is 1. The lowest BCUT2D eigenvalue weighted by Gasteiger charge is -2.04. The fraction of sp³-hybridized carbons (Fsp3) is 0.300. The number of likely N-dealkylation sites (N-methyl/N-ethyl adjacent to an activating group) is 1. The molecule has 0 atom stereocenters. The summed E-state index contributed by atoms with van der Waals surface area (Å²) in [6.45, 7) is 5.36. The average molecular weight is 164 g/mol. The van der Waals surface area contributed by atoms with Gasteiger partial charge in [-0.25, -0.2) is 0 Å². The molecule has 65 valence electrons. The Kier molecular flexibility index (Phi) is 3.61. The summed E-state index contributed by atoms with van der Waals surface area (Å²) >= 11 is 0. The first kappa shape index (κ1) is 9.07. The maximum Gasteiger partial charge on any atom is 0.119 e. The number of ether oxygens (including phenoxy) is 1. The molecule has 1 radical (unpaired) electrons. The van der Waals surface area contributed by atoms with Crippen LogP contribution in [0.3, 0.4) is 0 Å². The van der Waals surface area contributed by atoms with Crippen molar-refractivity contribution in [2.24, 2.45) is 0 Å². The lowest BCUT2D eigenvalue weighted by molar-refractivity contribution is 0.318. The average Bonchev–Trinajstić information content (AvgIpc) is 2.09. The second-order valence-electron chi connectivity index (χ2n) is 2.60. The van der Waals surface area contributed by atoms with Gasteiger partial charge >= 0.3 is 0 Å². The van der Waals surface area contributed by atoms with Gasteiger partial charge in [-0.05, 0) is 31.7 Å². The first-order chi connectivity index (χ1) is 5.83. The molecule has 0 amide bonds. The van der Waals surface area contributed by atoms with Crippen LogP contribution < -0.4 is 10.1 Å². The first-order valence-electron chi connectivity index (χ1n) is 4.02. The highest BCUT2D eigenvalue weighted by atomic mass is 16.5. The molecule has 0 saturated heterocycles. The van der Waals surface area contributed by atoms with E-state index in [0.29, 0.717) is 6.61 Å². The third-order valence-corrected chi connectivity index (χ3v) is 1.54. The number of nitrogens with one attached hydrogen (secondary N) is 1. The molecule has 0 heterocycles. The normalized spacial score (nSPS) is 9.83. The van der Waals surface area contributed by atoms with E-state index >= 15 is 0 Å². The fourth-order valence-electron chi connectivity index (χ4n) is 0.857. The van der Waals surface area contributed by atoms with Crippen LogP contribution >= 0.6 is 0 Å². The molecule has 2 nitrogen and oxygen atoms in total. The van der Waals surface area contributed by atoms with Gasteiger partial charge in [-0.15, -0.1) is 0 Å². The Morgan fingerprint density at radius 3 is 2.58 bits per heavy atom. The maximum atomic E-state index is 5.41. The van der Waals surface area contributed by atoms with Crippen LogP contribution in [-0.4, -0.2) is 20.2 Å². The Hall–Kier alpha value is -1.02. The number of rotatable bonds is 4. The molecule has 1 rings (SSSR count). The van der Waals surface area contributed by atoms with Crippen molar-refractivity contribution in [1.29, 1.82) is 0 Å². The van der Waals surface area contributed by atoms with Crippen molar-refractivity contribution in [1.82, 2.24) is 5.32 Å². The molecule has 0 aliphatic carbocycles. The summed E-state index contributed by atoms with van der Waals surface area (Å²) in [6.07, 6.45) is 0. The molecule has 0 bridgehead atoms. The van der Waals surface area contributed by atoms with Crippen LogP contribution in [0.15, 0.2) is 24.3 Å². The summed E-state index contributed by atoms with van der Waals surface area (Å²) in [5.41, 5.74) is 1.01. The minimum absolute atomic E-state index is 0.701. The van der Waals surface area contributed by atoms with Crippen LogP contribution in [0, 0.1) is 6.92 Å². The maximum absolute atomic E-state index is 5.41. The Morgan fingerprint density at radius 2 is 2.00 bits per heavy atom. The summed E-state index contributed by atoms with van der Waals surface area (Å²) in [5.74, 6) is 0.901. The van der Waals surface area contributed by atoms with Gasteiger partial charge in [-0.3, -0.25) is 0 Å². The van der Waals surface area contributed by atoms with E-state index in [1.165, 1.54) is 0 Å². The van der Waals surface area contributed by atoms with E-state index in [2.05, 4.69) is 12.2 Å². The Morgan fingerprint density at radius 1 is 1.33 bits per heavy atom. The molecule has 12 heavy (non-hydrogen) atoms. The zero-order chi connectivity index (χ0) is 8.81. The van der Waals surface area contributed by atoms with Gasteiger partial charge in [0.05, 0.1) is 0 Å². The molecule has 2 heteroatoms. The number of hydrogen-bond donors (Lipinski definition) is 1. The minimum atomic E-state index is 0.701. The van der Waals surface area contributed by atoms with Crippen molar-refractivity contribution in [2.45, 2.75) is 0 Å². The smallest absolute Gasteiger partial charge is 0.119 e. The largest absolute Gasteiger partial charge is 0.492 e. The van der Waals surface area contributed by atoms with Crippen LogP contribution in [0.5, 0.6) is 5.75 Å². The lowest BCUT2D eigenvalue weighted by Crippen LogP contribution is -2.15. The SMILES string of the molecule is [CH2]c1ccc(OCCNC)cc1. The van der Waals surface area contributed by atoms with Gasteiger partial charge in [-0.1, -0.05) is 12.1 Å². The van der Waals surface area contributed by atoms with Gasteiger partial charge in [0.2, 0.25) is 0 Å². The number of hydrogen-bond acceptors (Lipinski definition) is 2. The van der Waals surface area contributed by atoms with Crippen molar-refractivity contribution < 1.29 is 4.74 Å². The molecule has 0 aromatic heterocycles. The van der Waals surface area contributed by atoms with E-state index in [1.54, 1.807) is 0 Å². The molecule has 0 unspecified atom stereocenters. The Balaban J connectivity index is 2.37. The van der Waals surface area contributed by atoms with Gasteiger partial charge in [0, 0.05) is 6.54 Å². The lowest BCUT2D eigenvalue weighted by atomic mass is 10.2. The van der Waals surface area contributed by atoms with Crippen LogP contribution in [0.1, 0.15) is 5.56 Å². The molecule has 0 fully saturated rings. The van der Waals surface area contributed by atoms with Crippen LogP contribution in [0.4, 0.5) is 0 Å². The fourth-order valence-corrected chi connectivity index (χ4v) is 0.857. The van der Waals surface area contributed by atoms with Crippen molar-refractivity contribution in [3.05, 3.63) is 36.8 Å². The van der Waals surface area contributed by atoms with Gasteiger partial charge in [0.15, 0.2) is 0 Å². The molecule has 1 aromatic carbocycles. The molecular weight excluding hydrogens is 150 g/mol. The zero-order valence-corrected chi connectivity index (χ0v) is 7.34. The van der Waals surface area contributed by atoms with E-state index in [-0.39, 0.29) is 0 Å². The predicted octanol–water partition coefficient (Wildman–Crippen LogP) is 1.47. The standard InChI is InChI=1S/C10H14NO/c1-9-3-5-10(6-4-9)12-8-7-11-2/h3-6,11H,1,7-8H2,2H3. The Bertz CT molecular complexity index is 218. The summed E-state index contributed by atoms with van der Waals surface area (Å²) in [4.78, 5) is 0. The van der Waals surface area contributed by atoms with Crippen molar-refractivity contribution in [3.63, 3.8) is 0 Å². The molecule has 1 aromatic rings. The van der Waals surface area contributed by atoms with Crippen molar-refractivity contribution in [2.75, 3.05) is 20.2 Å². The first-order valence-corrected chi connectivity index (χ1v) is 4.02. The zero-order valence-electron chi connectivity index (χ0n) is 7.34. The second-order valence-corrected chi connectivity index (χ2v) is 2.60. The molecule has 0 saturated carbocycles. The topological polar surface area (TPSA) is 21.3 Å². The second kappa shape index (κ2) is 4.78. The summed E-state index contributed by atoms with van der Waals surface area (Å²) in [5, 5.41) is 3.01. The summed E-state index contributed by atoms with van der Waals surface area (Å²) < 4.78 is 5.41. The van der Waals surface area contributed by atoms with Gasteiger partial charge in [0.25, 0.3) is 0 Å². The quantitative estimate of drug-likeness (QED) is 0.680. The van der Waals surface area contributed by atoms with Crippen LogP contribution in [0.2, 0.25) is 0 Å². The highest BCUT2D eigenvalue weighted by molar-refractivity contribution is 5.28. The van der Waals surface area contributed by atoms with Gasteiger partial charge in [-0.2, -0.15) is 0 Å². The van der Waals surface area contributed by atoms with Crippen LogP contribution in [0.25, 0.3) is 0 Å². The van der Waals surface area contributed by atoms with E-state index < -0.39 is 0 Å². The molecule has 0 aliphatic heterocycles. The monoisotopic (exact) mass is 164 g/mol. The van der Waals surface area contributed by atoms with E-state index in [9.17, 15) is 0 Å². The van der Waals surface area contributed by atoms with E-state index in [0.717, 1.165) is 17.9 Å². The van der Waals surface area contributed by atoms with Crippen LogP contribution in [-0.2, 0) is 0 Å². The molecule has 0 aliphatic rings. The summed E-state index contributed by atoms with van der Waals surface area (Å²) in [6, 6.07) is 7.74. The molecular formula is C10H14NO. The highest BCUT2D eigenvalue weighted by Gasteiger charge is 1.90. The van der Waals surface area contributed by atoms with Gasteiger partial charge in [0.1, 0.15) is 12.4 Å². The van der Waals surface area contributed by atoms with E-state index in [4.69, 9.17) is 4.74 Å². The van der Waals surface area contributed by atoms with Gasteiger partial charge < -0.3 is 10.1 Å². The summed E-state index contributed by atoms with van der Waals surface area (Å²) in [7, 11) is 1.91.